The molecule has 1 fully saturated rings. The Morgan fingerprint density at radius 2 is 2.00 bits per heavy atom. The van der Waals surface area contributed by atoms with Gasteiger partial charge in [-0.05, 0) is 20.3 Å². The number of aliphatic hydroxyl groups excluding tert-OH is 1. The normalized spacial score (nSPS) is 23.6. The number of hydrogen-bond acceptors (Lipinski definition) is 4. The van der Waals surface area contributed by atoms with Gasteiger partial charge in [-0.25, -0.2) is 0 Å². The summed E-state index contributed by atoms with van der Waals surface area (Å²) in [5.74, 6) is 0. The number of hydrogen-bond donors (Lipinski definition) is 1. The standard InChI is InChI=1S/C10H21NO3/c1-3-13-10(14-4-2)8-11-6-5-9(12)7-11/h9-10,12H,3-8H2,1-2H3/t9-/m0/s1. The van der Waals surface area contributed by atoms with Gasteiger partial charge in [0.2, 0.25) is 0 Å². The number of β-amino-alcohol motifs (C(OH)–C–C–N with tert-alkyl or cyclic N) is 1. The van der Waals surface area contributed by atoms with Crippen LogP contribution in [0.2, 0.25) is 0 Å². The average Bonchev–Trinajstić information content (AvgIpc) is 2.52. The molecule has 0 saturated carbocycles. The van der Waals surface area contributed by atoms with Crippen LogP contribution in [0.1, 0.15) is 20.3 Å². The van der Waals surface area contributed by atoms with E-state index < -0.39 is 0 Å². The van der Waals surface area contributed by atoms with E-state index in [0.29, 0.717) is 13.2 Å². The maximum Gasteiger partial charge on any atom is 0.170 e. The Morgan fingerprint density at radius 1 is 1.36 bits per heavy atom. The highest BCUT2D eigenvalue weighted by molar-refractivity contribution is 4.74. The third kappa shape index (κ3) is 3.92. The molecule has 0 radical (unpaired) electrons. The summed E-state index contributed by atoms with van der Waals surface area (Å²) in [6, 6.07) is 0. The molecule has 1 rings (SSSR count). The van der Waals surface area contributed by atoms with Gasteiger partial charge in [0.25, 0.3) is 0 Å². The fourth-order valence-electron chi connectivity index (χ4n) is 1.71. The number of nitrogens with zero attached hydrogens (tertiary/aromatic N) is 1. The van der Waals surface area contributed by atoms with Crippen molar-refractivity contribution in [3.8, 4) is 0 Å². The zero-order valence-corrected chi connectivity index (χ0v) is 9.11. The van der Waals surface area contributed by atoms with Crippen molar-refractivity contribution in [1.82, 2.24) is 4.90 Å². The van der Waals surface area contributed by atoms with Crippen LogP contribution in [0.25, 0.3) is 0 Å². The van der Waals surface area contributed by atoms with Crippen LogP contribution in [0.4, 0.5) is 0 Å². The summed E-state index contributed by atoms with van der Waals surface area (Å²) in [6.45, 7) is 7.71. The largest absolute Gasteiger partial charge is 0.392 e. The Bertz CT molecular complexity index is 148. The number of rotatable bonds is 6. The summed E-state index contributed by atoms with van der Waals surface area (Å²) in [5, 5.41) is 9.35. The number of ether oxygens (including phenoxy) is 2. The topological polar surface area (TPSA) is 41.9 Å². The second kappa shape index (κ2) is 6.35. The summed E-state index contributed by atoms with van der Waals surface area (Å²) in [7, 11) is 0. The van der Waals surface area contributed by atoms with Gasteiger partial charge in [-0.1, -0.05) is 0 Å². The van der Waals surface area contributed by atoms with E-state index in [1.807, 2.05) is 13.8 Å². The van der Waals surface area contributed by atoms with Crippen LogP contribution in [0.15, 0.2) is 0 Å². The van der Waals surface area contributed by atoms with Crippen molar-refractivity contribution in [1.29, 1.82) is 0 Å². The molecule has 14 heavy (non-hydrogen) atoms. The highest BCUT2D eigenvalue weighted by atomic mass is 16.7. The molecule has 84 valence electrons. The highest BCUT2D eigenvalue weighted by Gasteiger charge is 2.23. The summed E-state index contributed by atoms with van der Waals surface area (Å²) in [4.78, 5) is 2.18. The summed E-state index contributed by atoms with van der Waals surface area (Å²) in [6.07, 6.45) is 0.555. The van der Waals surface area contributed by atoms with E-state index in [1.165, 1.54) is 0 Å². The molecule has 4 heteroatoms. The molecule has 0 aliphatic carbocycles. The van der Waals surface area contributed by atoms with Gasteiger partial charge < -0.3 is 14.6 Å². The monoisotopic (exact) mass is 203 g/mol. The first-order valence-corrected chi connectivity index (χ1v) is 5.39. The molecule has 0 unspecified atom stereocenters. The Morgan fingerprint density at radius 3 is 2.43 bits per heavy atom. The molecule has 1 saturated heterocycles. The van der Waals surface area contributed by atoms with Crippen molar-refractivity contribution >= 4 is 0 Å². The lowest BCUT2D eigenvalue weighted by molar-refractivity contribution is -0.145. The van der Waals surface area contributed by atoms with Crippen LogP contribution in [-0.4, -0.2) is 55.2 Å². The first-order valence-electron chi connectivity index (χ1n) is 5.39. The zero-order chi connectivity index (χ0) is 10.4. The molecule has 0 aromatic rings. The smallest absolute Gasteiger partial charge is 0.170 e. The Kier molecular flexibility index (Phi) is 5.40. The van der Waals surface area contributed by atoms with Crippen LogP contribution in [0, 0.1) is 0 Å². The lowest BCUT2D eigenvalue weighted by Crippen LogP contribution is -2.34. The van der Waals surface area contributed by atoms with Gasteiger partial charge in [0.15, 0.2) is 6.29 Å². The lowest BCUT2D eigenvalue weighted by atomic mass is 10.3. The molecule has 1 aliphatic rings. The maximum absolute atomic E-state index is 9.35. The molecule has 0 bridgehead atoms. The summed E-state index contributed by atoms with van der Waals surface area (Å²) in [5.41, 5.74) is 0. The quantitative estimate of drug-likeness (QED) is 0.637. The molecule has 4 nitrogen and oxygen atoms in total. The summed E-state index contributed by atoms with van der Waals surface area (Å²) < 4.78 is 10.9. The third-order valence-electron chi connectivity index (χ3n) is 2.36. The van der Waals surface area contributed by atoms with Gasteiger partial charge in [0, 0.05) is 32.8 Å². The van der Waals surface area contributed by atoms with Crippen LogP contribution in [0.5, 0.6) is 0 Å². The Labute approximate surface area is 85.8 Å². The summed E-state index contributed by atoms with van der Waals surface area (Å²) >= 11 is 0. The maximum atomic E-state index is 9.35. The Balaban J connectivity index is 2.24. The van der Waals surface area contributed by atoms with E-state index >= 15 is 0 Å². The SMILES string of the molecule is CCOC(CN1CC[C@H](O)C1)OCC. The van der Waals surface area contributed by atoms with Crippen molar-refractivity contribution in [3.63, 3.8) is 0 Å². The van der Waals surface area contributed by atoms with E-state index in [2.05, 4.69) is 4.90 Å². The minimum Gasteiger partial charge on any atom is -0.392 e. The van der Waals surface area contributed by atoms with E-state index in [1.54, 1.807) is 0 Å². The van der Waals surface area contributed by atoms with E-state index in [0.717, 1.165) is 26.1 Å². The highest BCUT2D eigenvalue weighted by Crippen LogP contribution is 2.10. The van der Waals surface area contributed by atoms with Gasteiger partial charge in [0.05, 0.1) is 6.10 Å². The predicted molar refractivity (Wildman–Crippen MR) is 54.1 cm³/mol. The van der Waals surface area contributed by atoms with Gasteiger partial charge >= 0.3 is 0 Å². The van der Waals surface area contributed by atoms with Gasteiger partial charge in [-0.3, -0.25) is 4.90 Å². The second-order valence-corrected chi connectivity index (χ2v) is 3.54. The van der Waals surface area contributed by atoms with Gasteiger partial charge in [0.1, 0.15) is 0 Å². The van der Waals surface area contributed by atoms with Crippen molar-refractivity contribution < 1.29 is 14.6 Å². The average molecular weight is 203 g/mol. The molecule has 0 aromatic carbocycles. The van der Waals surface area contributed by atoms with E-state index in [9.17, 15) is 5.11 Å². The fourth-order valence-corrected chi connectivity index (χ4v) is 1.71. The molecular formula is C10H21NO3. The van der Waals surface area contributed by atoms with E-state index in [4.69, 9.17) is 9.47 Å². The van der Waals surface area contributed by atoms with Crippen molar-refractivity contribution in [3.05, 3.63) is 0 Å². The fraction of sp³-hybridized carbons (Fsp3) is 1.00. The minimum atomic E-state index is -0.168. The molecule has 0 spiro atoms. The van der Waals surface area contributed by atoms with Crippen LogP contribution < -0.4 is 0 Å². The first-order chi connectivity index (χ1) is 6.76. The van der Waals surface area contributed by atoms with Crippen molar-refractivity contribution in [2.45, 2.75) is 32.7 Å². The predicted octanol–water partition coefficient (Wildman–Crippen LogP) is 0.452. The molecule has 1 atom stereocenters. The number of likely N-dealkylation sites (tertiary alicyclic amines) is 1. The molecule has 1 aliphatic heterocycles. The zero-order valence-electron chi connectivity index (χ0n) is 9.11. The van der Waals surface area contributed by atoms with Gasteiger partial charge in [-0.2, -0.15) is 0 Å². The van der Waals surface area contributed by atoms with Crippen LogP contribution >= 0.6 is 0 Å². The number of aliphatic hydroxyl groups is 1. The molecule has 1 heterocycles. The molecule has 1 N–H and O–H groups in total. The third-order valence-corrected chi connectivity index (χ3v) is 2.36. The van der Waals surface area contributed by atoms with Gasteiger partial charge in [-0.15, -0.1) is 0 Å². The molecular weight excluding hydrogens is 182 g/mol. The van der Waals surface area contributed by atoms with Crippen molar-refractivity contribution in [2.24, 2.45) is 0 Å². The minimum absolute atomic E-state index is 0.143. The molecule has 0 amide bonds. The molecule has 0 aromatic heterocycles. The first kappa shape index (κ1) is 11.9. The van der Waals surface area contributed by atoms with Crippen LogP contribution in [-0.2, 0) is 9.47 Å². The van der Waals surface area contributed by atoms with Crippen molar-refractivity contribution in [2.75, 3.05) is 32.8 Å². The second-order valence-electron chi connectivity index (χ2n) is 3.54. The van der Waals surface area contributed by atoms with E-state index in [-0.39, 0.29) is 12.4 Å². The van der Waals surface area contributed by atoms with Crippen LogP contribution in [0.3, 0.4) is 0 Å². The lowest BCUT2D eigenvalue weighted by Gasteiger charge is -2.22. The Hall–Kier alpha value is -0.160.